The van der Waals surface area contributed by atoms with Gasteiger partial charge in [0.2, 0.25) is 0 Å². The highest BCUT2D eigenvalue weighted by Crippen LogP contribution is 2.12. The van der Waals surface area contributed by atoms with Crippen molar-refractivity contribution >= 4 is 5.78 Å². The van der Waals surface area contributed by atoms with E-state index in [2.05, 4.69) is 18.7 Å². The normalized spacial score (nSPS) is 12.5. The molecule has 1 rings (SSSR count). The van der Waals surface area contributed by atoms with E-state index in [9.17, 15) is 4.79 Å². The number of benzene rings is 1. The molecule has 0 radical (unpaired) electrons. The minimum Gasteiger partial charge on any atom is -0.373 e. The van der Waals surface area contributed by atoms with Crippen molar-refractivity contribution in [2.45, 2.75) is 38.9 Å². The topological polar surface area (TPSA) is 26.3 Å². The molecule has 0 aliphatic rings. The number of carbonyl (C=O) groups excluding carboxylic acids is 1. The number of ether oxygens (including phenoxy) is 1. The van der Waals surface area contributed by atoms with Crippen LogP contribution in [0.4, 0.5) is 0 Å². The molecule has 0 N–H and O–H groups in total. The number of rotatable bonds is 9. The average molecular weight is 258 g/mol. The van der Waals surface area contributed by atoms with Gasteiger partial charge in [0.1, 0.15) is 0 Å². The summed E-state index contributed by atoms with van der Waals surface area (Å²) < 4.78 is 5.89. The van der Waals surface area contributed by atoms with Crippen LogP contribution < -0.4 is 0 Å². The molecule has 0 aliphatic carbocycles. The van der Waals surface area contributed by atoms with Gasteiger partial charge in [-0.1, -0.05) is 42.5 Å². The molecule has 0 fully saturated rings. The van der Waals surface area contributed by atoms with Crippen LogP contribution in [-0.2, 0) is 16.1 Å². The molecule has 1 aromatic rings. The number of carbonyl (C=O) groups is 1. The minimum atomic E-state index is 0.0884. The summed E-state index contributed by atoms with van der Waals surface area (Å²) in [4.78, 5) is 10.8. The fourth-order valence-corrected chi connectivity index (χ4v) is 1.77. The lowest BCUT2D eigenvalue weighted by atomic mass is 10.1. The first-order chi connectivity index (χ1) is 9.22. The Morgan fingerprint density at radius 1 is 1.37 bits per heavy atom. The van der Waals surface area contributed by atoms with E-state index < -0.39 is 0 Å². The number of hydrogen-bond donors (Lipinski definition) is 0. The van der Waals surface area contributed by atoms with Gasteiger partial charge in [0.05, 0.1) is 12.7 Å². The third-order valence-corrected chi connectivity index (χ3v) is 2.77. The van der Waals surface area contributed by atoms with Gasteiger partial charge in [-0.2, -0.15) is 0 Å². The Morgan fingerprint density at radius 3 is 2.74 bits per heavy atom. The fourth-order valence-electron chi connectivity index (χ4n) is 1.77. The van der Waals surface area contributed by atoms with Crippen LogP contribution in [0, 0.1) is 0 Å². The van der Waals surface area contributed by atoms with Gasteiger partial charge in [-0.05, 0) is 37.8 Å². The van der Waals surface area contributed by atoms with E-state index in [0.29, 0.717) is 6.61 Å². The molecule has 19 heavy (non-hydrogen) atoms. The molecule has 0 heterocycles. The van der Waals surface area contributed by atoms with Crippen LogP contribution in [0.15, 0.2) is 55.1 Å². The van der Waals surface area contributed by atoms with Gasteiger partial charge in [0, 0.05) is 0 Å². The van der Waals surface area contributed by atoms with Crippen molar-refractivity contribution in [1.29, 1.82) is 0 Å². The van der Waals surface area contributed by atoms with E-state index in [1.54, 1.807) is 13.0 Å². The Labute approximate surface area is 115 Å². The van der Waals surface area contributed by atoms with Crippen LogP contribution in [0.3, 0.4) is 0 Å². The minimum absolute atomic E-state index is 0.0884. The standard InChI is InChI=1S/C17H22O2/c1-3-9-17(13-8-7-10-15(2)18)19-14-16-11-5-4-6-12-16/h3-7,10-12,17H,1,8-9,13-14H2,2H3/b10-7+/t17-/m1/s1. The van der Waals surface area contributed by atoms with E-state index in [1.165, 1.54) is 5.56 Å². The van der Waals surface area contributed by atoms with Gasteiger partial charge in [0.15, 0.2) is 5.78 Å². The molecule has 0 aromatic heterocycles. The van der Waals surface area contributed by atoms with Crippen LogP contribution in [0.1, 0.15) is 31.7 Å². The molecular weight excluding hydrogens is 236 g/mol. The van der Waals surface area contributed by atoms with E-state index >= 15 is 0 Å². The first-order valence-electron chi connectivity index (χ1n) is 6.66. The highest BCUT2D eigenvalue weighted by Gasteiger charge is 2.06. The predicted molar refractivity (Wildman–Crippen MR) is 78.9 cm³/mol. The van der Waals surface area contributed by atoms with Crippen molar-refractivity contribution in [3.8, 4) is 0 Å². The lowest BCUT2D eigenvalue weighted by molar-refractivity contribution is -0.112. The predicted octanol–water partition coefficient (Wildman–Crippen LogP) is 4.07. The molecule has 102 valence electrons. The van der Waals surface area contributed by atoms with E-state index in [-0.39, 0.29) is 11.9 Å². The van der Waals surface area contributed by atoms with E-state index in [4.69, 9.17) is 4.74 Å². The van der Waals surface area contributed by atoms with Gasteiger partial charge >= 0.3 is 0 Å². The first kappa shape index (κ1) is 15.4. The quantitative estimate of drug-likeness (QED) is 0.493. The molecule has 1 aromatic carbocycles. The number of allylic oxidation sites excluding steroid dienone is 2. The zero-order chi connectivity index (χ0) is 13.9. The number of hydrogen-bond acceptors (Lipinski definition) is 2. The zero-order valence-electron chi connectivity index (χ0n) is 11.5. The summed E-state index contributed by atoms with van der Waals surface area (Å²) in [5.41, 5.74) is 1.18. The Morgan fingerprint density at radius 2 is 2.11 bits per heavy atom. The Balaban J connectivity index is 2.35. The van der Waals surface area contributed by atoms with Gasteiger partial charge in [-0.25, -0.2) is 0 Å². The summed E-state index contributed by atoms with van der Waals surface area (Å²) in [6, 6.07) is 10.1. The second-order valence-electron chi connectivity index (χ2n) is 4.53. The summed E-state index contributed by atoms with van der Waals surface area (Å²) in [7, 11) is 0. The summed E-state index contributed by atoms with van der Waals surface area (Å²) >= 11 is 0. The molecule has 0 bridgehead atoms. The molecule has 0 saturated carbocycles. The smallest absolute Gasteiger partial charge is 0.152 e. The van der Waals surface area contributed by atoms with E-state index in [0.717, 1.165) is 19.3 Å². The molecule has 0 aliphatic heterocycles. The molecule has 2 nitrogen and oxygen atoms in total. The monoisotopic (exact) mass is 258 g/mol. The molecule has 0 unspecified atom stereocenters. The second kappa shape index (κ2) is 9.29. The molecule has 0 saturated heterocycles. The molecule has 0 spiro atoms. The Bertz CT molecular complexity index is 407. The molecule has 0 amide bonds. The lowest BCUT2D eigenvalue weighted by Crippen LogP contribution is -2.11. The largest absolute Gasteiger partial charge is 0.373 e. The van der Waals surface area contributed by atoms with Crippen molar-refractivity contribution < 1.29 is 9.53 Å². The third-order valence-electron chi connectivity index (χ3n) is 2.77. The van der Waals surface area contributed by atoms with Gasteiger partial charge in [0.25, 0.3) is 0 Å². The molecule has 2 heteroatoms. The van der Waals surface area contributed by atoms with Crippen molar-refractivity contribution in [3.63, 3.8) is 0 Å². The summed E-state index contributed by atoms with van der Waals surface area (Å²) in [6.45, 7) is 5.94. The Hall–Kier alpha value is -1.67. The van der Waals surface area contributed by atoms with Crippen LogP contribution in [0.5, 0.6) is 0 Å². The van der Waals surface area contributed by atoms with Crippen LogP contribution in [-0.4, -0.2) is 11.9 Å². The van der Waals surface area contributed by atoms with Crippen molar-refractivity contribution in [2.75, 3.05) is 0 Å². The van der Waals surface area contributed by atoms with Crippen molar-refractivity contribution in [1.82, 2.24) is 0 Å². The second-order valence-corrected chi connectivity index (χ2v) is 4.53. The first-order valence-corrected chi connectivity index (χ1v) is 6.66. The maximum absolute atomic E-state index is 10.8. The average Bonchev–Trinajstić information content (AvgIpc) is 2.41. The third kappa shape index (κ3) is 7.37. The van der Waals surface area contributed by atoms with Gasteiger partial charge in [-0.15, -0.1) is 6.58 Å². The van der Waals surface area contributed by atoms with Crippen LogP contribution in [0.25, 0.3) is 0 Å². The summed E-state index contributed by atoms with van der Waals surface area (Å²) in [5.74, 6) is 0.0884. The summed E-state index contributed by atoms with van der Waals surface area (Å²) in [5, 5.41) is 0. The van der Waals surface area contributed by atoms with Crippen LogP contribution in [0.2, 0.25) is 0 Å². The van der Waals surface area contributed by atoms with Crippen molar-refractivity contribution in [3.05, 3.63) is 60.7 Å². The van der Waals surface area contributed by atoms with Crippen LogP contribution >= 0.6 is 0 Å². The summed E-state index contributed by atoms with van der Waals surface area (Å²) in [6.07, 6.45) is 8.15. The van der Waals surface area contributed by atoms with Gasteiger partial charge in [-0.3, -0.25) is 4.79 Å². The molecular formula is C17H22O2. The fraction of sp³-hybridized carbons (Fsp3) is 0.353. The van der Waals surface area contributed by atoms with Gasteiger partial charge < -0.3 is 4.74 Å². The maximum Gasteiger partial charge on any atom is 0.152 e. The maximum atomic E-state index is 10.8. The van der Waals surface area contributed by atoms with E-state index in [1.807, 2.05) is 30.4 Å². The highest BCUT2D eigenvalue weighted by atomic mass is 16.5. The zero-order valence-corrected chi connectivity index (χ0v) is 11.5. The Kier molecular flexibility index (Phi) is 7.52. The SMILES string of the molecule is C=CC[C@H](CC/C=C/C(C)=O)OCc1ccccc1. The molecule has 1 atom stereocenters. The van der Waals surface area contributed by atoms with Crippen molar-refractivity contribution in [2.24, 2.45) is 0 Å². The lowest BCUT2D eigenvalue weighted by Gasteiger charge is -2.15. The highest BCUT2D eigenvalue weighted by molar-refractivity contribution is 5.87. The number of ketones is 1.